The molecule has 6 nitrogen and oxygen atoms in total. The zero-order chi connectivity index (χ0) is 14.3. The van der Waals surface area contributed by atoms with E-state index in [1.807, 2.05) is 0 Å². The predicted molar refractivity (Wildman–Crippen MR) is 68.0 cm³/mol. The Morgan fingerprint density at radius 1 is 1.05 bits per heavy atom. The molecule has 1 aliphatic heterocycles. The van der Waals surface area contributed by atoms with Gasteiger partial charge in [-0.3, -0.25) is 19.4 Å². The van der Waals surface area contributed by atoms with Crippen LogP contribution < -0.4 is 0 Å². The van der Waals surface area contributed by atoms with Crippen LogP contribution in [0.1, 0.15) is 20.7 Å². The quantitative estimate of drug-likeness (QED) is 0.507. The minimum absolute atomic E-state index is 0.350. The van der Waals surface area contributed by atoms with Crippen molar-refractivity contribution in [3.05, 3.63) is 47.5 Å². The van der Waals surface area contributed by atoms with E-state index in [4.69, 9.17) is 5.26 Å². The summed E-state index contributed by atoms with van der Waals surface area (Å²) in [7, 11) is 0. The van der Waals surface area contributed by atoms with Gasteiger partial charge in [-0.25, -0.2) is 4.79 Å². The van der Waals surface area contributed by atoms with E-state index in [1.165, 1.54) is 0 Å². The standard InChI is InChI=1S/C14H9NO5/c16-11(20-19)7-15-13(17)9-5-1-3-8-4-2-6-10(12(8)9)14(15)18/h1-6,19H,7H2. The molecule has 0 unspecified atom stereocenters. The molecule has 6 heteroatoms. The maximum absolute atomic E-state index is 12.3. The number of carbonyl (C=O) groups is 3. The molecule has 0 spiro atoms. The fourth-order valence-electron chi connectivity index (χ4n) is 2.38. The highest BCUT2D eigenvalue weighted by molar-refractivity contribution is 6.26. The van der Waals surface area contributed by atoms with Gasteiger partial charge in [0.15, 0.2) is 0 Å². The Hall–Kier alpha value is -2.73. The van der Waals surface area contributed by atoms with Crippen LogP contribution in [-0.4, -0.2) is 34.5 Å². The van der Waals surface area contributed by atoms with E-state index in [2.05, 4.69) is 4.89 Å². The van der Waals surface area contributed by atoms with Gasteiger partial charge in [-0.1, -0.05) is 24.3 Å². The van der Waals surface area contributed by atoms with Crippen molar-refractivity contribution < 1.29 is 24.5 Å². The first-order valence-corrected chi connectivity index (χ1v) is 5.85. The second-order valence-corrected chi connectivity index (χ2v) is 4.37. The predicted octanol–water partition coefficient (Wildman–Crippen LogP) is 1.45. The SMILES string of the molecule is O=C(CN1C(=O)c2cccc3cccc(c23)C1=O)OO. The molecule has 0 bridgehead atoms. The van der Waals surface area contributed by atoms with E-state index in [1.54, 1.807) is 36.4 Å². The zero-order valence-electron chi connectivity index (χ0n) is 10.2. The molecule has 0 aromatic heterocycles. The van der Waals surface area contributed by atoms with Gasteiger partial charge in [0.25, 0.3) is 11.8 Å². The van der Waals surface area contributed by atoms with Crippen molar-refractivity contribution in [2.45, 2.75) is 0 Å². The number of nitrogens with zero attached hydrogens (tertiary/aromatic N) is 1. The van der Waals surface area contributed by atoms with Crippen molar-refractivity contribution in [3.63, 3.8) is 0 Å². The monoisotopic (exact) mass is 271 g/mol. The lowest BCUT2D eigenvalue weighted by Gasteiger charge is -2.25. The Bertz CT molecular complexity index is 702. The van der Waals surface area contributed by atoms with E-state index in [-0.39, 0.29) is 0 Å². The lowest BCUT2D eigenvalue weighted by molar-refractivity contribution is -0.234. The van der Waals surface area contributed by atoms with Crippen LogP contribution in [0.4, 0.5) is 0 Å². The number of hydrogen-bond donors (Lipinski definition) is 1. The number of carbonyl (C=O) groups excluding carboxylic acids is 3. The number of imide groups is 1. The highest BCUT2D eigenvalue weighted by atomic mass is 17.1. The lowest BCUT2D eigenvalue weighted by atomic mass is 9.94. The van der Waals surface area contributed by atoms with Crippen LogP contribution in [0.15, 0.2) is 36.4 Å². The molecule has 3 rings (SSSR count). The van der Waals surface area contributed by atoms with Crippen molar-refractivity contribution >= 4 is 28.6 Å². The fraction of sp³-hybridized carbons (Fsp3) is 0.0714. The molecule has 0 fully saturated rings. The molecule has 0 atom stereocenters. The summed E-state index contributed by atoms with van der Waals surface area (Å²) in [6, 6.07) is 10.2. The largest absolute Gasteiger partial charge is 0.361 e. The maximum Gasteiger partial charge on any atom is 0.361 e. The summed E-state index contributed by atoms with van der Waals surface area (Å²) in [5.74, 6) is -2.23. The summed E-state index contributed by atoms with van der Waals surface area (Å²) in [6.07, 6.45) is 0. The summed E-state index contributed by atoms with van der Waals surface area (Å²) in [6.45, 7) is -0.626. The second kappa shape index (κ2) is 4.43. The molecule has 2 aromatic rings. The summed E-state index contributed by atoms with van der Waals surface area (Å²) >= 11 is 0. The molecule has 0 saturated heterocycles. The molecule has 1 N–H and O–H groups in total. The Labute approximate surface area is 113 Å². The van der Waals surface area contributed by atoms with Gasteiger partial charge in [0, 0.05) is 16.5 Å². The summed E-state index contributed by atoms with van der Waals surface area (Å²) in [4.78, 5) is 40.0. The molecule has 100 valence electrons. The van der Waals surface area contributed by atoms with Crippen molar-refractivity contribution in [1.82, 2.24) is 4.90 Å². The van der Waals surface area contributed by atoms with Crippen LogP contribution in [0.3, 0.4) is 0 Å². The van der Waals surface area contributed by atoms with E-state index >= 15 is 0 Å². The fourth-order valence-corrected chi connectivity index (χ4v) is 2.38. The van der Waals surface area contributed by atoms with Crippen molar-refractivity contribution in [1.29, 1.82) is 0 Å². The first kappa shape index (κ1) is 12.3. The topological polar surface area (TPSA) is 83.9 Å². The zero-order valence-corrected chi connectivity index (χ0v) is 10.2. The van der Waals surface area contributed by atoms with Crippen LogP contribution in [0.2, 0.25) is 0 Å². The lowest BCUT2D eigenvalue weighted by Crippen LogP contribution is -2.43. The highest BCUT2D eigenvalue weighted by Crippen LogP contribution is 2.29. The van der Waals surface area contributed by atoms with E-state index < -0.39 is 24.3 Å². The van der Waals surface area contributed by atoms with Crippen LogP contribution in [0.5, 0.6) is 0 Å². The number of hydrogen-bond acceptors (Lipinski definition) is 5. The van der Waals surface area contributed by atoms with Gasteiger partial charge in [0.1, 0.15) is 6.54 Å². The van der Waals surface area contributed by atoms with Crippen molar-refractivity contribution in [2.24, 2.45) is 0 Å². The molecule has 0 radical (unpaired) electrons. The highest BCUT2D eigenvalue weighted by Gasteiger charge is 2.34. The molecular formula is C14H9NO5. The Balaban J connectivity index is 2.19. The maximum atomic E-state index is 12.3. The van der Waals surface area contributed by atoms with E-state index in [0.717, 1.165) is 10.3 Å². The van der Waals surface area contributed by atoms with Gasteiger partial charge in [-0.05, 0) is 17.5 Å². The number of benzene rings is 2. The summed E-state index contributed by atoms with van der Waals surface area (Å²) in [5.41, 5.74) is 0.701. The number of rotatable bonds is 2. The second-order valence-electron chi connectivity index (χ2n) is 4.37. The Kier molecular flexibility index (Phi) is 2.73. The molecule has 2 aromatic carbocycles. The minimum Gasteiger partial charge on any atom is -0.299 e. The molecule has 2 amide bonds. The molecule has 0 saturated carbocycles. The van der Waals surface area contributed by atoms with Gasteiger partial charge in [0.05, 0.1) is 0 Å². The van der Waals surface area contributed by atoms with Crippen molar-refractivity contribution in [2.75, 3.05) is 6.54 Å². The Morgan fingerprint density at radius 3 is 2.10 bits per heavy atom. The van der Waals surface area contributed by atoms with Crippen LogP contribution in [-0.2, 0) is 9.68 Å². The smallest absolute Gasteiger partial charge is 0.299 e. The first-order valence-electron chi connectivity index (χ1n) is 5.85. The summed E-state index contributed by atoms with van der Waals surface area (Å²) in [5, 5.41) is 9.65. The molecular weight excluding hydrogens is 262 g/mol. The molecule has 0 aliphatic carbocycles. The summed E-state index contributed by atoms with van der Waals surface area (Å²) < 4.78 is 0. The third-order valence-electron chi connectivity index (χ3n) is 3.24. The van der Waals surface area contributed by atoms with Gasteiger partial charge < -0.3 is 0 Å². The average molecular weight is 271 g/mol. The van der Waals surface area contributed by atoms with Gasteiger partial charge in [0.2, 0.25) is 0 Å². The van der Waals surface area contributed by atoms with Gasteiger partial charge in [-0.15, -0.1) is 0 Å². The average Bonchev–Trinajstić information content (AvgIpc) is 2.48. The van der Waals surface area contributed by atoms with Crippen LogP contribution >= 0.6 is 0 Å². The van der Waals surface area contributed by atoms with E-state index in [0.29, 0.717) is 16.5 Å². The third kappa shape index (κ3) is 1.66. The molecule has 20 heavy (non-hydrogen) atoms. The van der Waals surface area contributed by atoms with E-state index in [9.17, 15) is 14.4 Å². The third-order valence-corrected chi connectivity index (χ3v) is 3.24. The minimum atomic E-state index is -1.07. The Morgan fingerprint density at radius 2 is 1.60 bits per heavy atom. The first-order chi connectivity index (χ1) is 9.63. The molecule has 1 aliphatic rings. The molecule has 1 heterocycles. The van der Waals surface area contributed by atoms with Crippen molar-refractivity contribution in [3.8, 4) is 0 Å². The van der Waals surface area contributed by atoms with Crippen LogP contribution in [0, 0.1) is 0 Å². The number of amides is 2. The van der Waals surface area contributed by atoms with Crippen LogP contribution in [0.25, 0.3) is 10.8 Å². The normalized spacial score (nSPS) is 13.8. The van der Waals surface area contributed by atoms with Gasteiger partial charge >= 0.3 is 5.97 Å². The van der Waals surface area contributed by atoms with Gasteiger partial charge in [-0.2, -0.15) is 5.26 Å².